The second-order valence-electron chi connectivity index (χ2n) is 11.8. The van der Waals surface area contributed by atoms with Gasteiger partial charge in [0.25, 0.3) is 0 Å². The molecule has 3 aromatic rings. The zero-order valence-electron chi connectivity index (χ0n) is 24.8. The van der Waals surface area contributed by atoms with Crippen LogP contribution in [0.2, 0.25) is 10.0 Å². The highest BCUT2D eigenvalue weighted by Crippen LogP contribution is 2.31. The van der Waals surface area contributed by atoms with Crippen molar-refractivity contribution in [3.05, 3.63) is 58.3 Å². The molecule has 0 saturated carbocycles. The number of piperazine rings is 1. The van der Waals surface area contributed by atoms with Crippen LogP contribution < -0.4 is 9.64 Å². The summed E-state index contributed by atoms with van der Waals surface area (Å²) in [6.45, 7) is 4.62. The van der Waals surface area contributed by atoms with Gasteiger partial charge in [0.15, 0.2) is 5.75 Å². The van der Waals surface area contributed by atoms with Crippen molar-refractivity contribution in [3.63, 3.8) is 0 Å². The number of esters is 1. The summed E-state index contributed by atoms with van der Waals surface area (Å²) >= 11 is 12.6. The first-order valence-electron chi connectivity index (χ1n) is 15.1. The number of methoxy groups -OCH3 is 1. The van der Waals surface area contributed by atoms with Crippen molar-refractivity contribution in [1.29, 1.82) is 0 Å². The first-order valence-corrected chi connectivity index (χ1v) is 15.9. The second kappa shape index (κ2) is 13.7. The summed E-state index contributed by atoms with van der Waals surface area (Å²) in [5, 5.41) is 1.05. The molecule has 3 fully saturated rings. The molecule has 1 atom stereocenters. The number of carbonyl (C=O) groups is 2. The molecule has 1 amide bonds. The van der Waals surface area contributed by atoms with Crippen molar-refractivity contribution in [2.45, 2.75) is 51.1 Å². The Kier molecular flexibility index (Phi) is 9.49. The van der Waals surface area contributed by atoms with E-state index in [0.29, 0.717) is 71.7 Å². The van der Waals surface area contributed by atoms with Crippen LogP contribution in [0.15, 0.2) is 42.7 Å². The number of hydrogen-bond acceptors (Lipinski definition) is 9. The molecule has 12 heteroatoms. The van der Waals surface area contributed by atoms with Gasteiger partial charge in [0.05, 0.1) is 25.2 Å². The molecule has 0 bridgehead atoms. The average molecular weight is 640 g/mol. The van der Waals surface area contributed by atoms with E-state index in [1.807, 2.05) is 29.2 Å². The molecule has 1 unspecified atom stereocenters. The molecular weight excluding hydrogens is 603 g/mol. The summed E-state index contributed by atoms with van der Waals surface area (Å²) in [5.74, 6) is 1.97. The second-order valence-corrected chi connectivity index (χ2v) is 12.6. The lowest BCUT2D eigenvalue weighted by atomic mass is 9.93. The third kappa shape index (κ3) is 7.42. The largest absolute Gasteiger partial charge is 0.469 e. The normalized spacial score (nSPS) is 19.5. The van der Waals surface area contributed by atoms with E-state index in [-0.39, 0.29) is 17.9 Å². The highest BCUT2D eigenvalue weighted by Gasteiger charge is 2.34. The van der Waals surface area contributed by atoms with Gasteiger partial charge in [-0.15, -0.1) is 0 Å². The van der Waals surface area contributed by atoms with Gasteiger partial charge in [-0.2, -0.15) is 0 Å². The van der Waals surface area contributed by atoms with E-state index in [1.165, 1.54) is 7.11 Å². The average Bonchev–Trinajstić information content (AvgIpc) is 3.02. The maximum atomic E-state index is 12.3. The molecule has 0 spiro atoms. The van der Waals surface area contributed by atoms with Crippen molar-refractivity contribution in [3.8, 4) is 22.9 Å². The topological polar surface area (TPSA) is 101 Å². The van der Waals surface area contributed by atoms with Gasteiger partial charge in [0, 0.05) is 66.7 Å². The number of ether oxygens (including phenoxy) is 2. The zero-order chi connectivity index (χ0) is 30.6. The highest BCUT2D eigenvalue weighted by atomic mass is 35.5. The molecule has 44 heavy (non-hydrogen) atoms. The summed E-state index contributed by atoms with van der Waals surface area (Å²) in [5.41, 5.74) is 2.52. The molecule has 1 aromatic carbocycles. The summed E-state index contributed by atoms with van der Waals surface area (Å²) in [4.78, 5) is 44.5. The van der Waals surface area contributed by atoms with E-state index in [1.54, 1.807) is 18.5 Å². The van der Waals surface area contributed by atoms with E-state index in [0.717, 1.165) is 56.4 Å². The number of halogens is 2. The van der Waals surface area contributed by atoms with Gasteiger partial charge < -0.3 is 19.3 Å². The molecule has 2 aromatic heterocycles. The predicted molar refractivity (Wildman–Crippen MR) is 168 cm³/mol. The number of fused-ring (bicyclic) bond motifs is 1. The Bertz CT molecular complexity index is 1480. The van der Waals surface area contributed by atoms with Crippen LogP contribution in [0.3, 0.4) is 0 Å². The lowest BCUT2D eigenvalue weighted by Crippen LogP contribution is -2.57. The van der Waals surface area contributed by atoms with Crippen molar-refractivity contribution >= 4 is 41.0 Å². The lowest BCUT2D eigenvalue weighted by molar-refractivity contribution is -0.142. The number of hydrogen-bond donors (Lipinski definition) is 0. The van der Waals surface area contributed by atoms with Gasteiger partial charge in [-0.3, -0.25) is 14.5 Å². The van der Waals surface area contributed by atoms with Gasteiger partial charge >= 0.3 is 5.97 Å². The van der Waals surface area contributed by atoms with Crippen LogP contribution in [0, 0.1) is 5.92 Å². The fourth-order valence-corrected chi connectivity index (χ4v) is 6.90. The third-order valence-corrected chi connectivity index (χ3v) is 9.10. The van der Waals surface area contributed by atoms with Crippen LogP contribution in [0.1, 0.15) is 44.1 Å². The molecule has 3 aliphatic heterocycles. The van der Waals surface area contributed by atoms with Crippen LogP contribution in [0.5, 0.6) is 11.6 Å². The van der Waals surface area contributed by atoms with Crippen molar-refractivity contribution in [2.24, 2.45) is 5.92 Å². The first-order chi connectivity index (χ1) is 21.3. The Labute approximate surface area is 267 Å². The Hall–Kier alpha value is -3.47. The summed E-state index contributed by atoms with van der Waals surface area (Å²) in [6.07, 6.45) is 8.27. The number of nitrogens with zero attached hydrogens (tertiary/aromatic N) is 6. The van der Waals surface area contributed by atoms with Gasteiger partial charge in [0.1, 0.15) is 0 Å². The van der Waals surface area contributed by atoms with E-state index in [9.17, 15) is 9.59 Å². The Morgan fingerprint density at radius 1 is 0.977 bits per heavy atom. The van der Waals surface area contributed by atoms with Crippen molar-refractivity contribution < 1.29 is 19.1 Å². The number of carbonyl (C=O) groups excluding carboxylic acids is 2. The van der Waals surface area contributed by atoms with Crippen LogP contribution in [-0.4, -0.2) is 82.5 Å². The van der Waals surface area contributed by atoms with E-state index in [2.05, 4.69) is 19.8 Å². The Balaban J connectivity index is 1.17. The molecular formula is C32H36Cl2N6O4. The minimum absolute atomic E-state index is 0.149. The molecule has 10 nitrogen and oxygen atoms in total. The number of pyridine rings is 1. The Morgan fingerprint density at radius 2 is 1.73 bits per heavy atom. The maximum Gasteiger partial charge on any atom is 0.305 e. The fourth-order valence-electron chi connectivity index (χ4n) is 6.37. The standard InChI is InChI=1S/C32H36Cl2N6O4/c1-43-31(42)13-21-5-7-38(8-6-21)19-22-11-28(23-14-24(33)16-25(34)15-23)37-29(12-22)44-27-17-35-32(36-18-27)39-9-10-40-26(20-39)3-2-4-30(40)41/h11-12,14-18,21,26H,2-10,13,19-20H2,1H3. The summed E-state index contributed by atoms with van der Waals surface area (Å²) in [7, 11) is 1.44. The smallest absolute Gasteiger partial charge is 0.305 e. The number of amides is 1. The SMILES string of the molecule is COC(=O)CC1CCN(Cc2cc(Oc3cnc(N4CCN5C(=O)CCCC5C4)nc3)nc(-c3cc(Cl)cc(Cl)c3)c2)CC1. The quantitative estimate of drug-likeness (QED) is 0.291. The number of likely N-dealkylation sites (tertiary alicyclic amines) is 1. The monoisotopic (exact) mass is 638 g/mol. The molecule has 232 valence electrons. The number of aromatic nitrogens is 3. The third-order valence-electron chi connectivity index (χ3n) is 8.67. The Morgan fingerprint density at radius 3 is 2.45 bits per heavy atom. The minimum Gasteiger partial charge on any atom is -0.469 e. The summed E-state index contributed by atoms with van der Waals surface area (Å²) < 4.78 is 11.1. The number of rotatable bonds is 8. The molecule has 3 aliphatic rings. The van der Waals surface area contributed by atoms with E-state index < -0.39 is 0 Å². The van der Waals surface area contributed by atoms with Crippen LogP contribution in [0.4, 0.5) is 5.95 Å². The van der Waals surface area contributed by atoms with Gasteiger partial charge in [-0.25, -0.2) is 15.0 Å². The van der Waals surface area contributed by atoms with E-state index >= 15 is 0 Å². The first kappa shape index (κ1) is 30.6. The molecule has 0 N–H and O–H groups in total. The fraction of sp³-hybridized carbons (Fsp3) is 0.469. The number of benzene rings is 1. The van der Waals surface area contributed by atoms with Crippen LogP contribution >= 0.6 is 23.2 Å². The minimum atomic E-state index is -0.149. The number of piperidine rings is 2. The predicted octanol–water partition coefficient (Wildman–Crippen LogP) is 5.61. The molecule has 0 aliphatic carbocycles. The summed E-state index contributed by atoms with van der Waals surface area (Å²) in [6, 6.07) is 9.54. The van der Waals surface area contributed by atoms with Crippen molar-refractivity contribution in [2.75, 3.05) is 44.7 Å². The van der Waals surface area contributed by atoms with Gasteiger partial charge in [-0.1, -0.05) is 23.2 Å². The molecule has 3 saturated heterocycles. The highest BCUT2D eigenvalue weighted by molar-refractivity contribution is 6.35. The van der Waals surface area contributed by atoms with Gasteiger partial charge in [-0.05, 0) is 74.5 Å². The van der Waals surface area contributed by atoms with Crippen LogP contribution in [-0.2, 0) is 20.9 Å². The molecule has 0 radical (unpaired) electrons. The molecule has 6 rings (SSSR count). The lowest BCUT2D eigenvalue weighted by Gasteiger charge is -2.43. The maximum absolute atomic E-state index is 12.3. The van der Waals surface area contributed by atoms with Crippen LogP contribution in [0.25, 0.3) is 11.3 Å². The zero-order valence-corrected chi connectivity index (χ0v) is 26.3. The number of anilines is 1. The van der Waals surface area contributed by atoms with Crippen molar-refractivity contribution in [1.82, 2.24) is 24.8 Å². The van der Waals surface area contributed by atoms with E-state index in [4.69, 9.17) is 37.7 Å². The van der Waals surface area contributed by atoms with Gasteiger partial charge in [0.2, 0.25) is 17.7 Å². The molecule has 5 heterocycles.